The van der Waals surface area contributed by atoms with Crippen LogP contribution >= 0.6 is 12.2 Å². The summed E-state index contributed by atoms with van der Waals surface area (Å²) in [5, 5.41) is 16.1. The molecule has 1 aromatic heterocycles. The Morgan fingerprint density at radius 2 is 1.85 bits per heavy atom. The fraction of sp³-hybridized carbons (Fsp3) is 0.148. The van der Waals surface area contributed by atoms with Crippen LogP contribution in [0.1, 0.15) is 36.5 Å². The van der Waals surface area contributed by atoms with Gasteiger partial charge in [0.15, 0.2) is 10.7 Å². The van der Waals surface area contributed by atoms with E-state index >= 15 is 0 Å². The zero-order valence-corrected chi connectivity index (χ0v) is 19.9. The normalized spacial score (nSPS) is 11.3. The van der Waals surface area contributed by atoms with Crippen LogP contribution in [-0.4, -0.2) is 21.1 Å². The van der Waals surface area contributed by atoms with Gasteiger partial charge in [-0.05, 0) is 72.1 Å². The predicted molar refractivity (Wildman–Crippen MR) is 140 cm³/mol. The maximum Gasteiger partial charge on any atom is 0.250 e. The van der Waals surface area contributed by atoms with Crippen molar-refractivity contribution in [1.29, 1.82) is 0 Å². The Hall–Kier alpha value is -3.97. The van der Waals surface area contributed by atoms with Gasteiger partial charge in [-0.25, -0.2) is 4.98 Å². The lowest BCUT2D eigenvalue weighted by atomic mass is 10.0. The largest absolute Gasteiger partial charge is 0.507 e. The number of amides is 1. The smallest absolute Gasteiger partial charge is 0.250 e. The zero-order chi connectivity index (χ0) is 24.2. The average molecular weight is 472 g/mol. The number of phenols is 1. The van der Waals surface area contributed by atoms with Crippen LogP contribution in [0.5, 0.6) is 5.75 Å². The minimum atomic E-state index is -0.354. The van der Waals surface area contributed by atoms with Gasteiger partial charge in [-0.1, -0.05) is 44.2 Å². The molecule has 34 heavy (non-hydrogen) atoms. The van der Waals surface area contributed by atoms with Crippen molar-refractivity contribution in [1.82, 2.24) is 10.3 Å². The molecule has 0 aliphatic carbocycles. The molecule has 0 aliphatic heterocycles. The van der Waals surface area contributed by atoms with Gasteiger partial charge in [0.2, 0.25) is 11.8 Å². The van der Waals surface area contributed by atoms with E-state index in [4.69, 9.17) is 16.6 Å². The molecule has 0 atom stereocenters. The summed E-state index contributed by atoms with van der Waals surface area (Å²) in [6.45, 7) is 6.24. The van der Waals surface area contributed by atoms with Gasteiger partial charge in [0.1, 0.15) is 11.3 Å². The van der Waals surface area contributed by atoms with Gasteiger partial charge in [0.05, 0.1) is 5.56 Å². The number of nitrogens with zero attached hydrogens (tertiary/aromatic N) is 1. The molecule has 3 N–H and O–H groups in total. The molecule has 4 rings (SSSR count). The third kappa shape index (κ3) is 5.50. The van der Waals surface area contributed by atoms with Crippen LogP contribution in [0.4, 0.5) is 5.69 Å². The Morgan fingerprint density at radius 1 is 1.09 bits per heavy atom. The number of hydrogen-bond donors (Lipinski definition) is 3. The molecule has 0 saturated carbocycles. The minimum Gasteiger partial charge on any atom is -0.507 e. The number of rotatable bonds is 5. The highest BCUT2D eigenvalue weighted by molar-refractivity contribution is 7.80. The molecule has 0 fully saturated rings. The van der Waals surface area contributed by atoms with Gasteiger partial charge in [-0.3, -0.25) is 10.1 Å². The van der Waals surface area contributed by atoms with E-state index in [1.165, 1.54) is 17.7 Å². The van der Waals surface area contributed by atoms with Gasteiger partial charge in [0, 0.05) is 17.8 Å². The Kier molecular flexibility index (Phi) is 6.75. The summed E-state index contributed by atoms with van der Waals surface area (Å²) >= 11 is 5.22. The number of phenolic OH excluding ortho intramolecular Hbond substituents is 1. The maximum absolute atomic E-state index is 12.2. The van der Waals surface area contributed by atoms with Crippen molar-refractivity contribution >= 4 is 46.1 Å². The van der Waals surface area contributed by atoms with Crippen LogP contribution in [0, 0.1) is 6.92 Å². The quantitative estimate of drug-likeness (QED) is 0.239. The average Bonchev–Trinajstić information content (AvgIpc) is 3.20. The van der Waals surface area contributed by atoms with Crippen LogP contribution in [0.25, 0.3) is 28.6 Å². The number of carbonyl (C=O) groups excluding carboxylic acids is 1. The topological polar surface area (TPSA) is 87.4 Å². The second-order valence-corrected chi connectivity index (χ2v) is 8.73. The Balaban J connectivity index is 1.38. The van der Waals surface area contributed by atoms with Crippen molar-refractivity contribution in [2.24, 2.45) is 0 Å². The molecule has 1 heterocycles. The van der Waals surface area contributed by atoms with Gasteiger partial charge in [-0.2, -0.15) is 0 Å². The molecule has 0 bridgehead atoms. The first-order valence-electron chi connectivity index (χ1n) is 10.9. The lowest BCUT2D eigenvalue weighted by molar-refractivity contribution is -0.115. The Morgan fingerprint density at radius 3 is 2.56 bits per heavy atom. The number of carbonyl (C=O) groups is 1. The van der Waals surface area contributed by atoms with E-state index < -0.39 is 0 Å². The summed E-state index contributed by atoms with van der Waals surface area (Å²) in [6, 6.07) is 18.7. The van der Waals surface area contributed by atoms with Gasteiger partial charge in [-0.15, -0.1) is 0 Å². The van der Waals surface area contributed by atoms with Crippen LogP contribution in [0.2, 0.25) is 0 Å². The van der Waals surface area contributed by atoms with Crippen molar-refractivity contribution < 1.29 is 14.3 Å². The van der Waals surface area contributed by atoms with Crippen LogP contribution < -0.4 is 10.6 Å². The van der Waals surface area contributed by atoms with Crippen molar-refractivity contribution in [2.75, 3.05) is 5.32 Å². The number of hydrogen-bond acceptors (Lipinski definition) is 5. The highest BCUT2D eigenvalue weighted by Crippen LogP contribution is 2.33. The number of oxazole rings is 1. The molecule has 172 valence electrons. The molecule has 0 aliphatic rings. The number of aromatic hydroxyl groups is 1. The van der Waals surface area contributed by atoms with Crippen molar-refractivity contribution in [3.63, 3.8) is 0 Å². The lowest BCUT2D eigenvalue weighted by Crippen LogP contribution is -2.32. The fourth-order valence-corrected chi connectivity index (χ4v) is 3.64. The number of nitrogens with one attached hydrogen (secondary N) is 2. The SMILES string of the molecule is Cc1ccc2nc(-c3ccc(NC(=S)NC(=O)/C=C/c4ccc(C(C)C)cc4)cc3O)oc2c1. The molecule has 0 unspecified atom stereocenters. The Labute approximate surface area is 203 Å². The van der Waals surface area contributed by atoms with E-state index in [0.717, 1.165) is 16.6 Å². The minimum absolute atomic E-state index is 0.0212. The molecule has 4 aromatic rings. The number of fused-ring (bicyclic) bond motifs is 1. The monoisotopic (exact) mass is 471 g/mol. The standard InChI is InChI=1S/C27H25N3O3S/c1-16(2)19-8-5-18(6-9-19)7-13-25(32)30-27(34)28-20-10-11-21(23(31)15-20)26-29-22-12-4-17(3)14-24(22)33-26/h4-16,31H,1-3H3,(H2,28,30,32,34)/b13-7+. The number of benzene rings is 3. The van der Waals surface area contributed by atoms with Crippen LogP contribution in [0.3, 0.4) is 0 Å². The Bertz CT molecular complexity index is 1390. The highest BCUT2D eigenvalue weighted by Gasteiger charge is 2.13. The molecule has 7 heteroatoms. The molecule has 0 spiro atoms. The number of aromatic nitrogens is 1. The summed E-state index contributed by atoms with van der Waals surface area (Å²) in [7, 11) is 0. The first-order valence-corrected chi connectivity index (χ1v) is 11.3. The molecule has 0 saturated heterocycles. The summed E-state index contributed by atoms with van der Waals surface area (Å²) in [6.07, 6.45) is 3.15. The van der Waals surface area contributed by atoms with Crippen molar-refractivity contribution in [3.05, 3.63) is 83.4 Å². The van der Waals surface area contributed by atoms with Gasteiger partial charge >= 0.3 is 0 Å². The third-order valence-electron chi connectivity index (χ3n) is 5.30. The fourth-order valence-electron chi connectivity index (χ4n) is 3.42. The van der Waals surface area contributed by atoms with E-state index in [0.29, 0.717) is 28.6 Å². The summed E-state index contributed by atoms with van der Waals surface area (Å²) in [5.41, 5.74) is 5.58. The first-order chi connectivity index (χ1) is 16.3. The number of aryl methyl sites for hydroxylation is 1. The highest BCUT2D eigenvalue weighted by atomic mass is 32.1. The summed E-state index contributed by atoms with van der Waals surface area (Å²) in [5.74, 6) is 0.407. The third-order valence-corrected chi connectivity index (χ3v) is 5.50. The predicted octanol–water partition coefficient (Wildman–Crippen LogP) is 6.16. The van der Waals surface area contributed by atoms with E-state index in [1.807, 2.05) is 49.4 Å². The van der Waals surface area contributed by atoms with Gasteiger partial charge in [0.25, 0.3) is 0 Å². The van der Waals surface area contributed by atoms with E-state index in [2.05, 4.69) is 29.5 Å². The lowest BCUT2D eigenvalue weighted by Gasteiger charge is -2.09. The maximum atomic E-state index is 12.2. The van der Waals surface area contributed by atoms with Gasteiger partial charge < -0.3 is 14.8 Å². The summed E-state index contributed by atoms with van der Waals surface area (Å²) < 4.78 is 5.79. The van der Waals surface area contributed by atoms with Crippen molar-refractivity contribution in [2.45, 2.75) is 26.7 Å². The second-order valence-electron chi connectivity index (χ2n) is 8.32. The zero-order valence-electron chi connectivity index (χ0n) is 19.1. The molecule has 3 aromatic carbocycles. The molecule has 1 amide bonds. The van der Waals surface area contributed by atoms with Crippen LogP contribution in [-0.2, 0) is 4.79 Å². The first kappa shape index (κ1) is 23.2. The molecule has 0 radical (unpaired) electrons. The number of anilines is 1. The molecule has 6 nitrogen and oxygen atoms in total. The van der Waals surface area contributed by atoms with Crippen molar-refractivity contribution in [3.8, 4) is 17.2 Å². The van der Waals surface area contributed by atoms with E-state index in [9.17, 15) is 9.90 Å². The summed E-state index contributed by atoms with van der Waals surface area (Å²) in [4.78, 5) is 16.6. The molecular weight excluding hydrogens is 446 g/mol. The van der Waals surface area contributed by atoms with Crippen LogP contribution in [0.15, 0.2) is 71.2 Å². The van der Waals surface area contributed by atoms with E-state index in [1.54, 1.807) is 18.2 Å². The van der Waals surface area contributed by atoms with E-state index in [-0.39, 0.29) is 16.8 Å². The second kappa shape index (κ2) is 9.89. The number of thiocarbonyl (C=S) groups is 1. The molecular formula is C27H25N3O3S.